The Morgan fingerprint density at radius 1 is 1.00 bits per heavy atom. The van der Waals surface area contributed by atoms with Crippen molar-refractivity contribution in [2.24, 2.45) is 5.92 Å². The molecule has 0 bridgehead atoms. The molecule has 0 radical (unpaired) electrons. The molecular formula is C27H32N2O5. The van der Waals surface area contributed by atoms with Gasteiger partial charge in [0, 0.05) is 18.4 Å². The first kappa shape index (κ1) is 23.8. The number of ether oxygens (including phenoxy) is 1. The van der Waals surface area contributed by atoms with Crippen molar-refractivity contribution >= 4 is 18.0 Å². The van der Waals surface area contributed by atoms with Crippen LogP contribution >= 0.6 is 0 Å². The van der Waals surface area contributed by atoms with Crippen molar-refractivity contribution < 1.29 is 24.2 Å². The molecule has 1 saturated carbocycles. The summed E-state index contributed by atoms with van der Waals surface area (Å²) >= 11 is 0. The highest BCUT2D eigenvalue weighted by molar-refractivity contribution is 5.83. The summed E-state index contributed by atoms with van der Waals surface area (Å²) in [5, 5.41) is 14.7. The van der Waals surface area contributed by atoms with Crippen molar-refractivity contribution in [2.75, 3.05) is 6.61 Å². The SMILES string of the molecule is CC[C@@H](NC(=O)C[C@H]1CCCC[C@H]1NC(=O)OCC1c2ccccc2-c2ccccc21)C(=O)O. The van der Waals surface area contributed by atoms with Crippen LogP contribution in [-0.2, 0) is 14.3 Å². The third-order valence-electron chi connectivity index (χ3n) is 7.05. The smallest absolute Gasteiger partial charge is 0.407 e. The summed E-state index contributed by atoms with van der Waals surface area (Å²) in [7, 11) is 0. The summed E-state index contributed by atoms with van der Waals surface area (Å²) in [5.41, 5.74) is 4.68. The summed E-state index contributed by atoms with van der Waals surface area (Å²) in [6, 6.07) is 15.3. The van der Waals surface area contributed by atoms with Gasteiger partial charge in [0.1, 0.15) is 12.6 Å². The van der Waals surface area contributed by atoms with Gasteiger partial charge in [0.2, 0.25) is 5.91 Å². The lowest BCUT2D eigenvalue weighted by Crippen LogP contribution is -2.46. The molecule has 2 aliphatic carbocycles. The van der Waals surface area contributed by atoms with E-state index in [2.05, 4.69) is 34.9 Å². The van der Waals surface area contributed by atoms with Gasteiger partial charge in [0.15, 0.2) is 0 Å². The first-order valence-electron chi connectivity index (χ1n) is 12.1. The molecular weight excluding hydrogens is 432 g/mol. The molecule has 0 unspecified atom stereocenters. The summed E-state index contributed by atoms with van der Waals surface area (Å²) in [5.74, 6) is -1.37. The number of rotatable bonds is 8. The number of carboxylic acid groups (broad SMARTS) is 1. The fourth-order valence-electron chi connectivity index (χ4n) is 5.26. The van der Waals surface area contributed by atoms with Crippen molar-refractivity contribution in [1.82, 2.24) is 10.6 Å². The third kappa shape index (κ3) is 5.24. The first-order chi connectivity index (χ1) is 16.5. The van der Waals surface area contributed by atoms with Crippen molar-refractivity contribution in [3.05, 3.63) is 59.7 Å². The number of benzene rings is 2. The largest absolute Gasteiger partial charge is 0.480 e. The van der Waals surface area contributed by atoms with E-state index < -0.39 is 18.1 Å². The normalized spacial score (nSPS) is 20.0. The van der Waals surface area contributed by atoms with E-state index in [0.717, 1.165) is 36.8 Å². The minimum absolute atomic E-state index is 0.00641. The molecule has 0 saturated heterocycles. The van der Waals surface area contributed by atoms with E-state index in [9.17, 15) is 19.5 Å². The standard InChI is InChI=1S/C27H32N2O5/c1-2-23(26(31)32)28-25(30)15-17-9-3-8-14-24(17)29-27(33)34-16-22-20-12-6-4-10-18(20)19-11-5-7-13-21(19)22/h4-7,10-13,17,22-24H,2-3,8-9,14-16H2,1H3,(H,28,30)(H,29,33)(H,31,32)/t17-,23-,24-/m1/s1. The van der Waals surface area contributed by atoms with Gasteiger partial charge in [-0.3, -0.25) is 4.79 Å². The highest BCUT2D eigenvalue weighted by Gasteiger charge is 2.32. The van der Waals surface area contributed by atoms with Gasteiger partial charge in [0.05, 0.1) is 0 Å². The second-order valence-corrected chi connectivity index (χ2v) is 9.19. The molecule has 0 spiro atoms. The lowest BCUT2D eigenvalue weighted by Gasteiger charge is -2.32. The summed E-state index contributed by atoms with van der Waals surface area (Å²) in [6.45, 7) is 1.97. The van der Waals surface area contributed by atoms with Gasteiger partial charge >= 0.3 is 12.1 Å². The number of alkyl carbamates (subject to hydrolysis) is 1. The van der Waals surface area contributed by atoms with Crippen molar-refractivity contribution in [2.45, 2.75) is 63.5 Å². The van der Waals surface area contributed by atoms with Crippen LogP contribution in [0.5, 0.6) is 0 Å². The molecule has 1 fully saturated rings. The van der Waals surface area contributed by atoms with E-state index in [1.807, 2.05) is 24.3 Å². The van der Waals surface area contributed by atoms with Crippen LogP contribution in [0.2, 0.25) is 0 Å². The number of aliphatic carboxylic acids is 1. The van der Waals surface area contributed by atoms with E-state index in [1.165, 1.54) is 11.1 Å². The number of carbonyl (C=O) groups excluding carboxylic acids is 2. The van der Waals surface area contributed by atoms with Crippen LogP contribution in [0.15, 0.2) is 48.5 Å². The molecule has 2 aromatic carbocycles. The maximum Gasteiger partial charge on any atom is 0.407 e. The van der Waals surface area contributed by atoms with Crippen LogP contribution in [0.4, 0.5) is 4.79 Å². The second kappa shape index (κ2) is 10.7. The Labute approximate surface area is 199 Å². The molecule has 7 heteroatoms. The van der Waals surface area contributed by atoms with Gasteiger partial charge in [-0.2, -0.15) is 0 Å². The minimum Gasteiger partial charge on any atom is -0.480 e. The Hall–Kier alpha value is -3.35. The minimum atomic E-state index is -1.03. The summed E-state index contributed by atoms with van der Waals surface area (Å²) in [4.78, 5) is 36.4. The van der Waals surface area contributed by atoms with Crippen molar-refractivity contribution in [3.63, 3.8) is 0 Å². The van der Waals surface area contributed by atoms with E-state index in [0.29, 0.717) is 6.42 Å². The molecule has 2 aromatic rings. The number of hydrogen-bond donors (Lipinski definition) is 3. The molecule has 180 valence electrons. The number of fused-ring (bicyclic) bond motifs is 3. The van der Waals surface area contributed by atoms with E-state index >= 15 is 0 Å². The van der Waals surface area contributed by atoms with Crippen molar-refractivity contribution in [3.8, 4) is 11.1 Å². The van der Waals surface area contributed by atoms with E-state index in [-0.39, 0.29) is 36.8 Å². The van der Waals surface area contributed by atoms with Crippen molar-refractivity contribution in [1.29, 1.82) is 0 Å². The number of nitrogens with one attached hydrogen (secondary N) is 2. The highest BCUT2D eigenvalue weighted by Crippen LogP contribution is 2.44. The van der Waals surface area contributed by atoms with Gasteiger partial charge in [-0.1, -0.05) is 68.3 Å². The Morgan fingerprint density at radius 2 is 1.62 bits per heavy atom. The fraction of sp³-hybridized carbons (Fsp3) is 0.444. The summed E-state index contributed by atoms with van der Waals surface area (Å²) in [6.07, 6.45) is 3.58. The molecule has 0 aromatic heterocycles. The topological polar surface area (TPSA) is 105 Å². The van der Waals surface area contributed by atoms with Gasteiger partial charge < -0.3 is 20.5 Å². The predicted molar refractivity (Wildman–Crippen MR) is 128 cm³/mol. The van der Waals surface area contributed by atoms with Crippen LogP contribution < -0.4 is 10.6 Å². The van der Waals surface area contributed by atoms with Gasteiger partial charge in [-0.05, 0) is 47.4 Å². The predicted octanol–water partition coefficient (Wildman–Crippen LogP) is 4.45. The maximum atomic E-state index is 12.7. The Kier molecular flexibility index (Phi) is 7.50. The average Bonchev–Trinajstić information content (AvgIpc) is 3.16. The molecule has 3 atom stereocenters. The first-order valence-corrected chi connectivity index (χ1v) is 12.1. The zero-order chi connectivity index (χ0) is 24.1. The molecule has 34 heavy (non-hydrogen) atoms. The molecule has 4 rings (SSSR count). The monoisotopic (exact) mass is 464 g/mol. The van der Waals surface area contributed by atoms with Crippen LogP contribution in [-0.4, -0.2) is 41.8 Å². The third-order valence-corrected chi connectivity index (χ3v) is 7.05. The van der Waals surface area contributed by atoms with Gasteiger partial charge in [-0.15, -0.1) is 0 Å². The lowest BCUT2D eigenvalue weighted by atomic mass is 9.82. The van der Waals surface area contributed by atoms with Gasteiger partial charge in [-0.25, -0.2) is 9.59 Å². The quantitative estimate of drug-likeness (QED) is 0.535. The second-order valence-electron chi connectivity index (χ2n) is 9.19. The fourth-order valence-corrected chi connectivity index (χ4v) is 5.26. The Balaban J connectivity index is 1.35. The molecule has 2 amide bonds. The molecule has 0 aliphatic heterocycles. The highest BCUT2D eigenvalue weighted by atomic mass is 16.5. The lowest BCUT2D eigenvalue weighted by molar-refractivity contribution is -0.142. The van der Waals surface area contributed by atoms with Crippen LogP contribution in [0.3, 0.4) is 0 Å². The summed E-state index contributed by atoms with van der Waals surface area (Å²) < 4.78 is 5.68. The van der Waals surface area contributed by atoms with E-state index in [1.54, 1.807) is 6.92 Å². The van der Waals surface area contributed by atoms with Crippen LogP contribution in [0.25, 0.3) is 11.1 Å². The van der Waals surface area contributed by atoms with Crippen LogP contribution in [0.1, 0.15) is 62.5 Å². The Morgan fingerprint density at radius 3 is 2.24 bits per heavy atom. The molecule has 2 aliphatic rings. The average molecular weight is 465 g/mol. The molecule has 3 N–H and O–H groups in total. The number of carboxylic acids is 1. The van der Waals surface area contributed by atoms with E-state index in [4.69, 9.17) is 4.74 Å². The maximum absolute atomic E-state index is 12.7. The molecule has 7 nitrogen and oxygen atoms in total. The van der Waals surface area contributed by atoms with Gasteiger partial charge in [0.25, 0.3) is 0 Å². The Bertz CT molecular complexity index is 1010. The zero-order valence-corrected chi connectivity index (χ0v) is 19.5. The number of carbonyl (C=O) groups is 3. The number of hydrogen-bond acceptors (Lipinski definition) is 4. The number of amides is 2. The van der Waals surface area contributed by atoms with Crippen LogP contribution in [0, 0.1) is 5.92 Å². The molecule has 0 heterocycles. The zero-order valence-electron chi connectivity index (χ0n) is 19.5.